The van der Waals surface area contributed by atoms with Gasteiger partial charge in [-0.25, -0.2) is 15.8 Å². The van der Waals surface area contributed by atoms with Crippen LogP contribution in [0.25, 0.3) is 10.9 Å². The molecule has 0 fully saturated rings. The number of hydrogen-bond acceptors (Lipinski definition) is 6. The number of hydrogen-bond donors (Lipinski definition) is 3. The minimum atomic E-state index is 0.511. The molecule has 0 saturated carbocycles. The van der Waals surface area contributed by atoms with Crippen LogP contribution in [0.3, 0.4) is 0 Å². The van der Waals surface area contributed by atoms with Gasteiger partial charge in [0.25, 0.3) is 0 Å². The summed E-state index contributed by atoms with van der Waals surface area (Å²) >= 11 is 3.43. The van der Waals surface area contributed by atoms with Gasteiger partial charge in [-0.1, -0.05) is 18.2 Å². The summed E-state index contributed by atoms with van der Waals surface area (Å²) in [7, 11) is 0. The SMILES string of the molecule is Cc1ccc2cccc(Nc3ncnc(NN)c3Br)c2n1. The van der Waals surface area contributed by atoms with Crippen LogP contribution in [-0.4, -0.2) is 15.0 Å². The zero-order valence-electron chi connectivity index (χ0n) is 11.3. The quantitative estimate of drug-likeness (QED) is 0.499. The fourth-order valence-electron chi connectivity index (χ4n) is 2.03. The van der Waals surface area contributed by atoms with Crippen molar-refractivity contribution in [3.05, 3.63) is 46.8 Å². The van der Waals surface area contributed by atoms with E-state index >= 15 is 0 Å². The summed E-state index contributed by atoms with van der Waals surface area (Å²) < 4.78 is 0.664. The lowest BCUT2D eigenvalue weighted by molar-refractivity contribution is 1.12. The third-order valence-electron chi connectivity index (χ3n) is 3.04. The van der Waals surface area contributed by atoms with Crippen molar-refractivity contribution >= 4 is 44.2 Å². The summed E-state index contributed by atoms with van der Waals surface area (Å²) in [5, 5.41) is 4.32. The molecule has 0 atom stereocenters. The number of anilines is 3. The monoisotopic (exact) mass is 344 g/mol. The third kappa shape index (κ3) is 2.65. The minimum absolute atomic E-state index is 0.511. The number of pyridine rings is 1. The number of aromatic nitrogens is 3. The van der Waals surface area contributed by atoms with Crippen LogP contribution in [0, 0.1) is 6.92 Å². The van der Waals surface area contributed by atoms with Crippen LogP contribution in [0.15, 0.2) is 41.1 Å². The number of benzene rings is 1. The molecule has 6 nitrogen and oxygen atoms in total. The summed E-state index contributed by atoms with van der Waals surface area (Å²) in [5.74, 6) is 6.54. The summed E-state index contributed by atoms with van der Waals surface area (Å²) in [4.78, 5) is 12.8. The van der Waals surface area contributed by atoms with E-state index in [2.05, 4.69) is 41.6 Å². The first-order chi connectivity index (χ1) is 10.2. The first-order valence-electron chi connectivity index (χ1n) is 6.29. The number of nitrogens with one attached hydrogen (secondary N) is 2. The fourth-order valence-corrected chi connectivity index (χ4v) is 2.45. The lowest BCUT2D eigenvalue weighted by atomic mass is 10.1. The second-order valence-corrected chi connectivity index (χ2v) is 5.28. The van der Waals surface area contributed by atoms with Gasteiger partial charge in [-0.3, -0.25) is 4.98 Å². The van der Waals surface area contributed by atoms with Crippen LogP contribution in [0.4, 0.5) is 17.3 Å². The highest BCUT2D eigenvalue weighted by molar-refractivity contribution is 9.10. The molecule has 0 aliphatic carbocycles. The number of halogens is 1. The van der Waals surface area contributed by atoms with Crippen molar-refractivity contribution in [1.29, 1.82) is 0 Å². The smallest absolute Gasteiger partial charge is 0.159 e. The lowest BCUT2D eigenvalue weighted by Gasteiger charge is -2.11. The van der Waals surface area contributed by atoms with E-state index in [0.29, 0.717) is 16.1 Å². The van der Waals surface area contributed by atoms with Gasteiger partial charge >= 0.3 is 0 Å². The molecule has 0 bridgehead atoms. The normalized spacial score (nSPS) is 10.6. The molecule has 1 aromatic carbocycles. The van der Waals surface area contributed by atoms with Gasteiger partial charge in [-0.15, -0.1) is 0 Å². The van der Waals surface area contributed by atoms with Crippen molar-refractivity contribution in [3.63, 3.8) is 0 Å². The van der Waals surface area contributed by atoms with Crippen molar-refractivity contribution in [2.24, 2.45) is 5.84 Å². The maximum Gasteiger partial charge on any atom is 0.159 e. The molecule has 0 aliphatic rings. The molecule has 0 unspecified atom stereocenters. The number of nitrogen functional groups attached to an aromatic ring is 1. The van der Waals surface area contributed by atoms with Crippen molar-refractivity contribution in [3.8, 4) is 0 Å². The number of rotatable bonds is 3. The van der Waals surface area contributed by atoms with Crippen LogP contribution in [0.5, 0.6) is 0 Å². The molecule has 21 heavy (non-hydrogen) atoms. The Morgan fingerprint density at radius 2 is 1.90 bits per heavy atom. The van der Waals surface area contributed by atoms with Crippen LogP contribution < -0.4 is 16.6 Å². The predicted octanol–water partition coefficient (Wildman–Crippen LogP) is 3.12. The average molecular weight is 345 g/mol. The summed E-state index contributed by atoms with van der Waals surface area (Å²) in [6.07, 6.45) is 1.44. The van der Waals surface area contributed by atoms with Gasteiger partial charge in [-0.2, -0.15) is 0 Å². The maximum absolute atomic E-state index is 5.41. The molecule has 106 valence electrons. The number of nitrogens with zero attached hydrogens (tertiary/aromatic N) is 3. The van der Waals surface area contributed by atoms with Gasteiger partial charge in [0.05, 0.1) is 11.2 Å². The minimum Gasteiger partial charge on any atom is -0.337 e. The van der Waals surface area contributed by atoms with E-state index in [1.54, 1.807) is 0 Å². The van der Waals surface area contributed by atoms with E-state index in [-0.39, 0.29) is 0 Å². The topological polar surface area (TPSA) is 88.8 Å². The van der Waals surface area contributed by atoms with Crippen molar-refractivity contribution in [1.82, 2.24) is 15.0 Å². The lowest BCUT2D eigenvalue weighted by Crippen LogP contribution is -2.10. The van der Waals surface area contributed by atoms with E-state index < -0.39 is 0 Å². The molecule has 2 aromatic heterocycles. The molecule has 2 heterocycles. The first-order valence-corrected chi connectivity index (χ1v) is 7.09. The molecule has 0 saturated heterocycles. The molecule has 0 aliphatic heterocycles. The second kappa shape index (κ2) is 5.63. The highest BCUT2D eigenvalue weighted by atomic mass is 79.9. The summed E-state index contributed by atoms with van der Waals surface area (Å²) in [6.45, 7) is 1.97. The number of hydrazine groups is 1. The highest BCUT2D eigenvalue weighted by Crippen LogP contribution is 2.30. The van der Waals surface area contributed by atoms with E-state index in [1.165, 1.54) is 6.33 Å². The molecular formula is C14H13BrN6. The van der Waals surface area contributed by atoms with Gasteiger partial charge in [0.15, 0.2) is 5.82 Å². The number of fused-ring (bicyclic) bond motifs is 1. The Balaban J connectivity index is 2.08. The van der Waals surface area contributed by atoms with E-state index in [9.17, 15) is 0 Å². The Morgan fingerprint density at radius 3 is 2.71 bits per heavy atom. The van der Waals surface area contributed by atoms with Crippen molar-refractivity contribution < 1.29 is 0 Å². The predicted molar refractivity (Wildman–Crippen MR) is 87.3 cm³/mol. The number of nitrogens with two attached hydrogens (primary N) is 1. The second-order valence-electron chi connectivity index (χ2n) is 4.48. The average Bonchev–Trinajstić information content (AvgIpc) is 2.50. The molecule has 3 aromatic rings. The number of para-hydroxylation sites is 1. The van der Waals surface area contributed by atoms with Gasteiger partial charge < -0.3 is 10.7 Å². The molecule has 0 radical (unpaired) electrons. The molecule has 0 spiro atoms. The van der Waals surface area contributed by atoms with Gasteiger partial charge in [0.2, 0.25) is 0 Å². The molecule has 7 heteroatoms. The standard InChI is InChI=1S/C14H13BrN6/c1-8-5-6-9-3-2-4-10(12(9)19-8)20-13-11(15)14(21-16)18-7-17-13/h2-7H,16H2,1H3,(H2,17,18,20,21). The summed E-state index contributed by atoms with van der Waals surface area (Å²) in [5.41, 5.74) is 5.24. The molecule has 4 N–H and O–H groups in total. The van der Waals surface area contributed by atoms with Crippen LogP contribution >= 0.6 is 15.9 Å². The molecule has 0 amide bonds. The Morgan fingerprint density at radius 1 is 1.10 bits per heavy atom. The Kier molecular flexibility index (Phi) is 3.68. The van der Waals surface area contributed by atoms with E-state index in [0.717, 1.165) is 22.3 Å². The zero-order valence-corrected chi connectivity index (χ0v) is 12.8. The number of aryl methyl sites for hydroxylation is 1. The van der Waals surface area contributed by atoms with Crippen molar-refractivity contribution in [2.45, 2.75) is 6.92 Å². The third-order valence-corrected chi connectivity index (χ3v) is 3.79. The largest absolute Gasteiger partial charge is 0.337 e. The van der Waals surface area contributed by atoms with Gasteiger partial charge in [0.1, 0.15) is 16.6 Å². The van der Waals surface area contributed by atoms with Crippen molar-refractivity contribution in [2.75, 3.05) is 10.7 Å². The Bertz CT molecular complexity index is 805. The molecule has 3 rings (SSSR count). The summed E-state index contributed by atoms with van der Waals surface area (Å²) in [6, 6.07) is 9.99. The van der Waals surface area contributed by atoms with Gasteiger partial charge in [-0.05, 0) is 35.0 Å². The Labute approximate surface area is 129 Å². The Hall–Kier alpha value is -2.25. The van der Waals surface area contributed by atoms with E-state index in [4.69, 9.17) is 5.84 Å². The fraction of sp³-hybridized carbons (Fsp3) is 0.0714. The highest BCUT2D eigenvalue weighted by Gasteiger charge is 2.10. The molecular weight excluding hydrogens is 332 g/mol. The first kappa shape index (κ1) is 13.7. The maximum atomic E-state index is 5.41. The van der Waals surface area contributed by atoms with Crippen LogP contribution in [0.1, 0.15) is 5.69 Å². The van der Waals surface area contributed by atoms with Crippen LogP contribution in [-0.2, 0) is 0 Å². The van der Waals surface area contributed by atoms with Crippen LogP contribution in [0.2, 0.25) is 0 Å². The van der Waals surface area contributed by atoms with Gasteiger partial charge in [0, 0.05) is 11.1 Å². The zero-order chi connectivity index (χ0) is 14.8. The van der Waals surface area contributed by atoms with E-state index in [1.807, 2.05) is 37.3 Å².